The molecule has 0 bridgehead atoms. The number of hydrogen-bond donors (Lipinski definition) is 0. The van der Waals surface area contributed by atoms with Gasteiger partial charge in [-0.05, 0) is 30.0 Å². The number of amides is 1. The van der Waals surface area contributed by atoms with Gasteiger partial charge in [0.05, 0.1) is 12.7 Å². The molecule has 2 aliphatic rings. The predicted molar refractivity (Wildman–Crippen MR) is 95.4 cm³/mol. The molecule has 4 heteroatoms. The van der Waals surface area contributed by atoms with Crippen LogP contribution in [0.2, 0.25) is 0 Å². The number of ether oxygens (including phenoxy) is 2. The van der Waals surface area contributed by atoms with Crippen molar-refractivity contribution in [3.63, 3.8) is 0 Å². The first-order chi connectivity index (χ1) is 12.3. The maximum Gasteiger partial charge on any atom is 0.263 e. The molecule has 4 rings (SSSR count). The fourth-order valence-corrected chi connectivity index (χ4v) is 3.55. The van der Waals surface area contributed by atoms with E-state index in [4.69, 9.17) is 9.47 Å². The van der Waals surface area contributed by atoms with Gasteiger partial charge >= 0.3 is 0 Å². The van der Waals surface area contributed by atoms with Crippen molar-refractivity contribution in [1.29, 1.82) is 0 Å². The first kappa shape index (κ1) is 16.2. The highest BCUT2D eigenvalue weighted by Crippen LogP contribution is 2.29. The number of hydrogen-bond acceptors (Lipinski definition) is 3. The van der Waals surface area contributed by atoms with E-state index in [1.54, 1.807) is 0 Å². The standard InChI is InChI=1S/C21H23NO3/c23-21(20-14-17-8-4-5-9-19(17)25-20)22-12-10-18(11-13-22)24-15-16-6-2-1-3-7-16/h1-9,18,20H,10-15H2. The Bertz CT molecular complexity index is 698. The number of piperidine rings is 1. The van der Waals surface area contributed by atoms with Crippen LogP contribution in [-0.2, 0) is 22.6 Å². The lowest BCUT2D eigenvalue weighted by atomic mass is 10.1. The summed E-state index contributed by atoms with van der Waals surface area (Å²) < 4.78 is 11.8. The lowest BCUT2D eigenvalue weighted by molar-refractivity contribution is -0.140. The van der Waals surface area contributed by atoms with Gasteiger partial charge in [-0.2, -0.15) is 0 Å². The molecule has 0 N–H and O–H groups in total. The lowest BCUT2D eigenvalue weighted by Gasteiger charge is -2.33. The van der Waals surface area contributed by atoms with Gasteiger partial charge in [0.25, 0.3) is 5.91 Å². The largest absolute Gasteiger partial charge is 0.480 e. The summed E-state index contributed by atoms with van der Waals surface area (Å²) in [5.41, 5.74) is 2.32. The zero-order valence-electron chi connectivity index (χ0n) is 14.3. The highest BCUT2D eigenvalue weighted by molar-refractivity contribution is 5.82. The molecule has 1 unspecified atom stereocenters. The number of fused-ring (bicyclic) bond motifs is 1. The summed E-state index contributed by atoms with van der Waals surface area (Å²) in [5.74, 6) is 0.958. The molecular weight excluding hydrogens is 314 g/mol. The Kier molecular flexibility index (Phi) is 4.70. The molecule has 1 amide bonds. The van der Waals surface area contributed by atoms with E-state index in [9.17, 15) is 4.79 Å². The van der Waals surface area contributed by atoms with E-state index in [1.807, 2.05) is 47.4 Å². The monoisotopic (exact) mass is 337 g/mol. The molecule has 0 aromatic heterocycles. The van der Waals surface area contributed by atoms with E-state index >= 15 is 0 Å². The van der Waals surface area contributed by atoms with Crippen LogP contribution in [0.15, 0.2) is 54.6 Å². The lowest BCUT2D eigenvalue weighted by Crippen LogP contribution is -2.46. The van der Waals surface area contributed by atoms with Crippen LogP contribution in [0.5, 0.6) is 5.75 Å². The molecule has 0 aliphatic carbocycles. The van der Waals surface area contributed by atoms with Crippen LogP contribution in [0.4, 0.5) is 0 Å². The predicted octanol–water partition coefficient (Wildman–Crippen LogP) is 3.20. The summed E-state index contributed by atoms with van der Waals surface area (Å²) in [6.45, 7) is 2.13. The average Bonchev–Trinajstić information content (AvgIpc) is 3.11. The molecule has 1 saturated heterocycles. The Labute approximate surface area is 148 Å². The Morgan fingerprint density at radius 3 is 2.52 bits per heavy atom. The number of rotatable bonds is 4. The molecule has 2 aromatic carbocycles. The van der Waals surface area contributed by atoms with Crippen molar-refractivity contribution < 1.29 is 14.3 Å². The second kappa shape index (κ2) is 7.28. The Morgan fingerprint density at radius 1 is 1.04 bits per heavy atom. The molecule has 1 fully saturated rings. The number of benzene rings is 2. The zero-order chi connectivity index (χ0) is 17.1. The molecule has 4 nitrogen and oxygen atoms in total. The maximum atomic E-state index is 12.7. The van der Waals surface area contributed by atoms with E-state index < -0.39 is 0 Å². The van der Waals surface area contributed by atoms with Gasteiger partial charge < -0.3 is 14.4 Å². The van der Waals surface area contributed by atoms with Crippen LogP contribution in [0, 0.1) is 0 Å². The van der Waals surface area contributed by atoms with E-state index in [2.05, 4.69) is 12.1 Å². The van der Waals surface area contributed by atoms with Crippen molar-refractivity contribution >= 4 is 5.91 Å². The van der Waals surface area contributed by atoms with Crippen LogP contribution in [0.1, 0.15) is 24.0 Å². The van der Waals surface area contributed by atoms with E-state index in [-0.39, 0.29) is 18.1 Å². The quantitative estimate of drug-likeness (QED) is 0.860. The molecule has 2 aromatic rings. The molecule has 130 valence electrons. The molecule has 0 radical (unpaired) electrons. The normalized spacial score (nSPS) is 20.2. The summed E-state index contributed by atoms with van der Waals surface area (Å²) in [6.07, 6.45) is 2.32. The Morgan fingerprint density at radius 2 is 1.76 bits per heavy atom. The van der Waals surface area contributed by atoms with Gasteiger partial charge in [-0.3, -0.25) is 4.79 Å². The van der Waals surface area contributed by atoms with Gasteiger partial charge in [-0.1, -0.05) is 48.5 Å². The molecule has 1 atom stereocenters. The number of carbonyl (C=O) groups is 1. The first-order valence-electron chi connectivity index (χ1n) is 8.98. The number of carbonyl (C=O) groups excluding carboxylic acids is 1. The van der Waals surface area contributed by atoms with E-state index in [0.717, 1.165) is 37.2 Å². The maximum absolute atomic E-state index is 12.7. The summed E-state index contributed by atoms with van der Waals surface area (Å²) >= 11 is 0. The second-order valence-corrected chi connectivity index (χ2v) is 6.74. The third kappa shape index (κ3) is 3.69. The van der Waals surface area contributed by atoms with Gasteiger partial charge in [-0.15, -0.1) is 0 Å². The summed E-state index contributed by atoms with van der Waals surface area (Å²) in [6, 6.07) is 18.1. The molecule has 0 spiro atoms. The van der Waals surface area contributed by atoms with Crippen molar-refractivity contribution in [2.45, 2.75) is 38.1 Å². The average molecular weight is 337 g/mol. The number of nitrogens with zero attached hydrogens (tertiary/aromatic N) is 1. The van der Waals surface area contributed by atoms with Crippen molar-refractivity contribution in [1.82, 2.24) is 4.90 Å². The van der Waals surface area contributed by atoms with E-state index in [1.165, 1.54) is 5.56 Å². The molecule has 2 heterocycles. The summed E-state index contributed by atoms with van der Waals surface area (Å²) in [7, 11) is 0. The minimum absolute atomic E-state index is 0.109. The summed E-state index contributed by atoms with van der Waals surface area (Å²) in [4.78, 5) is 14.6. The van der Waals surface area contributed by atoms with Crippen molar-refractivity contribution in [3.8, 4) is 5.75 Å². The first-order valence-corrected chi connectivity index (χ1v) is 8.98. The van der Waals surface area contributed by atoms with Crippen LogP contribution in [0.25, 0.3) is 0 Å². The number of likely N-dealkylation sites (tertiary alicyclic amines) is 1. The van der Waals surface area contributed by atoms with Crippen LogP contribution in [-0.4, -0.2) is 36.1 Å². The fraction of sp³-hybridized carbons (Fsp3) is 0.381. The van der Waals surface area contributed by atoms with Gasteiger partial charge in [0.2, 0.25) is 0 Å². The molecule has 0 saturated carbocycles. The van der Waals surface area contributed by atoms with Crippen LogP contribution >= 0.6 is 0 Å². The Hall–Kier alpha value is -2.33. The van der Waals surface area contributed by atoms with Crippen LogP contribution in [0.3, 0.4) is 0 Å². The molecule has 25 heavy (non-hydrogen) atoms. The van der Waals surface area contributed by atoms with Crippen LogP contribution < -0.4 is 4.74 Å². The molecule has 2 aliphatic heterocycles. The SMILES string of the molecule is O=C(C1Cc2ccccc2O1)N1CCC(OCc2ccccc2)CC1. The topological polar surface area (TPSA) is 38.8 Å². The third-order valence-electron chi connectivity index (χ3n) is 5.00. The van der Waals surface area contributed by atoms with Gasteiger partial charge in [0.1, 0.15) is 5.75 Å². The van der Waals surface area contributed by atoms with Gasteiger partial charge in [-0.25, -0.2) is 0 Å². The van der Waals surface area contributed by atoms with Gasteiger partial charge in [0, 0.05) is 19.5 Å². The minimum Gasteiger partial charge on any atom is -0.480 e. The number of para-hydroxylation sites is 1. The Balaban J connectivity index is 1.25. The zero-order valence-corrected chi connectivity index (χ0v) is 14.3. The smallest absolute Gasteiger partial charge is 0.263 e. The summed E-state index contributed by atoms with van der Waals surface area (Å²) in [5, 5.41) is 0. The fourth-order valence-electron chi connectivity index (χ4n) is 3.55. The van der Waals surface area contributed by atoms with Crippen molar-refractivity contribution in [2.24, 2.45) is 0 Å². The highest BCUT2D eigenvalue weighted by Gasteiger charge is 2.34. The second-order valence-electron chi connectivity index (χ2n) is 6.74. The third-order valence-corrected chi connectivity index (χ3v) is 5.00. The van der Waals surface area contributed by atoms with E-state index in [0.29, 0.717) is 13.0 Å². The van der Waals surface area contributed by atoms with Gasteiger partial charge in [0.15, 0.2) is 6.10 Å². The highest BCUT2D eigenvalue weighted by atomic mass is 16.5. The molecular formula is C21H23NO3. The minimum atomic E-state index is -0.362. The van der Waals surface area contributed by atoms with Crippen molar-refractivity contribution in [3.05, 3.63) is 65.7 Å². The van der Waals surface area contributed by atoms with Crippen molar-refractivity contribution in [2.75, 3.05) is 13.1 Å².